The number of carbonyl (C=O) groups excluding carboxylic acids is 1. The Morgan fingerprint density at radius 3 is 2.35 bits per heavy atom. The Kier molecular flexibility index (Phi) is 4.90. The molecule has 1 heterocycles. The van der Waals surface area contributed by atoms with Gasteiger partial charge in [0, 0.05) is 11.8 Å². The lowest BCUT2D eigenvalue weighted by Gasteiger charge is -2.03. The number of amides is 1. The number of nitrogens with one attached hydrogen (secondary N) is 1. The van der Waals surface area contributed by atoms with E-state index in [4.69, 9.17) is 0 Å². The number of rotatable bonds is 5. The number of sulfonamides is 1. The molecule has 0 aliphatic heterocycles. The number of nitrogens with zero attached hydrogens (tertiary/aromatic N) is 2. The highest BCUT2D eigenvalue weighted by Crippen LogP contribution is 2.23. The van der Waals surface area contributed by atoms with Crippen molar-refractivity contribution in [1.82, 2.24) is 14.5 Å². The summed E-state index contributed by atoms with van der Waals surface area (Å²) in [4.78, 5) is 12.4. The van der Waals surface area contributed by atoms with Crippen molar-refractivity contribution in [3.8, 4) is 11.3 Å². The van der Waals surface area contributed by atoms with Crippen molar-refractivity contribution in [2.75, 3.05) is 6.26 Å². The van der Waals surface area contributed by atoms with Crippen LogP contribution in [0.3, 0.4) is 0 Å². The highest BCUT2D eigenvalue weighted by Gasteiger charge is 2.20. The lowest BCUT2D eigenvalue weighted by atomic mass is 10.1. The maximum atomic E-state index is 12.4. The van der Waals surface area contributed by atoms with Gasteiger partial charge in [-0.3, -0.25) is 9.48 Å². The Balaban J connectivity index is 2.02. The van der Waals surface area contributed by atoms with Gasteiger partial charge >= 0.3 is 0 Å². The van der Waals surface area contributed by atoms with E-state index in [-0.39, 0.29) is 5.56 Å². The second kappa shape index (κ2) is 7.13. The van der Waals surface area contributed by atoms with Crippen LogP contribution in [0.5, 0.6) is 0 Å². The van der Waals surface area contributed by atoms with Crippen LogP contribution in [-0.2, 0) is 16.6 Å². The van der Waals surface area contributed by atoms with Gasteiger partial charge in [-0.25, -0.2) is 13.1 Å². The minimum absolute atomic E-state index is 0.218. The fourth-order valence-electron chi connectivity index (χ4n) is 2.59. The van der Waals surface area contributed by atoms with E-state index < -0.39 is 15.9 Å². The maximum absolute atomic E-state index is 12.4. The van der Waals surface area contributed by atoms with E-state index in [9.17, 15) is 13.2 Å². The van der Waals surface area contributed by atoms with E-state index in [0.717, 1.165) is 22.9 Å². The summed E-state index contributed by atoms with van der Waals surface area (Å²) in [6, 6.07) is 17.3. The molecule has 0 saturated carbocycles. The zero-order chi connectivity index (χ0) is 18.7. The molecule has 1 N–H and O–H groups in total. The Morgan fingerprint density at radius 1 is 1.08 bits per heavy atom. The van der Waals surface area contributed by atoms with Crippen molar-refractivity contribution in [2.45, 2.75) is 13.5 Å². The van der Waals surface area contributed by atoms with Gasteiger partial charge in [-0.05, 0) is 12.5 Å². The van der Waals surface area contributed by atoms with Crippen molar-refractivity contribution in [3.05, 3.63) is 77.5 Å². The lowest BCUT2D eigenvalue weighted by molar-refractivity contribution is 0.0982. The van der Waals surface area contributed by atoms with Crippen LogP contribution in [0, 0.1) is 6.92 Å². The van der Waals surface area contributed by atoms with Gasteiger partial charge in [-0.15, -0.1) is 0 Å². The van der Waals surface area contributed by atoms with Crippen molar-refractivity contribution in [1.29, 1.82) is 0 Å². The summed E-state index contributed by atoms with van der Waals surface area (Å²) in [5.41, 5.74) is 3.53. The second-order valence-corrected chi connectivity index (χ2v) is 7.89. The molecular weight excluding hydrogens is 350 g/mol. The summed E-state index contributed by atoms with van der Waals surface area (Å²) in [6.07, 6.45) is 2.52. The number of hydrogen-bond donors (Lipinski definition) is 1. The molecule has 0 aliphatic rings. The number of carbonyl (C=O) groups is 1. The summed E-state index contributed by atoms with van der Waals surface area (Å²) < 4.78 is 26.5. The molecule has 2 aromatic carbocycles. The average Bonchev–Trinajstić information content (AvgIpc) is 2.99. The van der Waals surface area contributed by atoms with Gasteiger partial charge in [0.1, 0.15) is 5.69 Å². The van der Waals surface area contributed by atoms with Crippen molar-refractivity contribution in [3.63, 3.8) is 0 Å². The van der Waals surface area contributed by atoms with Crippen molar-refractivity contribution >= 4 is 15.9 Å². The summed E-state index contributed by atoms with van der Waals surface area (Å²) in [5.74, 6) is -0.692. The molecule has 3 aromatic rings. The molecule has 0 radical (unpaired) electrons. The third kappa shape index (κ3) is 4.37. The normalized spacial score (nSPS) is 11.3. The minimum atomic E-state index is -3.66. The van der Waals surface area contributed by atoms with Crippen LogP contribution < -0.4 is 4.72 Å². The standard InChI is InChI=1S/C19H19N3O3S/c1-14-8-10-16(11-9-14)18-17(19(23)21-26(2,24)25)13-22(20-18)12-15-6-4-3-5-7-15/h3-11,13H,12H2,1-2H3,(H,21,23). The van der Waals surface area contributed by atoms with Crippen LogP contribution in [0.1, 0.15) is 21.5 Å². The third-order valence-electron chi connectivity index (χ3n) is 3.80. The number of aromatic nitrogens is 2. The van der Waals surface area contributed by atoms with E-state index in [1.54, 1.807) is 10.9 Å². The second-order valence-electron chi connectivity index (χ2n) is 6.14. The summed E-state index contributed by atoms with van der Waals surface area (Å²) in [7, 11) is -3.66. The Labute approximate surface area is 152 Å². The minimum Gasteiger partial charge on any atom is -0.268 e. The summed E-state index contributed by atoms with van der Waals surface area (Å²) >= 11 is 0. The van der Waals surface area contributed by atoms with Crippen LogP contribution in [0.4, 0.5) is 0 Å². The Bertz CT molecular complexity index is 1020. The monoisotopic (exact) mass is 369 g/mol. The van der Waals surface area contributed by atoms with E-state index >= 15 is 0 Å². The SMILES string of the molecule is Cc1ccc(-c2nn(Cc3ccccc3)cc2C(=O)NS(C)(=O)=O)cc1. The first-order valence-electron chi connectivity index (χ1n) is 8.02. The summed E-state index contributed by atoms with van der Waals surface area (Å²) in [6.45, 7) is 2.45. The van der Waals surface area contributed by atoms with Crippen LogP contribution in [-0.4, -0.2) is 30.4 Å². The molecule has 0 unspecified atom stereocenters. The van der Waals surface area contributed by atoms with E-state index in [0.29, 0.717) is 12.2 Å². The average molecular weight is 369 g/mol. The molecule has 0 saturated heterocycles. The molecule has 7 heteroatoms. The molecule has 26 heavy (non-hydrogen) atoms. The number of aryl methyl sites for hydroxylation is 1. The van der Waals surface area contributed by atoms with Crippen LogP contribution in [0.25, 0.3) is 11.3 Å². The molecule has 1 aromatic heterocycles. The Morgan fingerprint density at radius 2 is 1.73 bits per heavy atom. The van der Waals surface area contributed by atoms with Crippen molar-refractivity contribution < 1.29 is 13.2 Å². The highest BCUT2D eigenvalue weighted by molar-refractivity contribution is 7.89. The fourth-order valence-corrected chi connectivity index (χ4v) is 3.03. The molecule has 3 rings (SSSR count). The molecule has 1 amide bonds. The predicted octanol–water partition coefficient (Wildman–Crippen LogP) is 2.60. The molecule has 0 spiro atoms. The summed E-state index contributed by atoms with van der Waals surface area (Å²) in [5, 5.41) is 4.52. The van der Waals surface area contributed by atoms with Gasteiger partial charge < -0.3 is 0 Å². The Hall–Kier alpha value is -2.93. The van der Waals surface area contributed by atoms with Crippen LogP contribution in [0.2, 0.25) is 0 Å². The lowest BCUT2D eigenvalue weighted by Crippen LogP contribution is -2.29. The largest absolute Gasteiger partial charge is 0.268 e. The first-order valence-corrected chi connectivity index (χ1v) is 9.91. The van der Waals surface area contributed by atoms with Gasteiger partial charge in [0.25, 0.3) is 5.91 Å². The van der Waals surface area contributed by atoms with E-state index in [2.05, 4.69) is 5.10 Å². The first kappa shape index (κ1) is 17.9. The van der Waals surface area contributed by atoms with E-state index in [1.165, 1.54) is 0 Å². The topological polar surface area (TPSA) is 81.1 Å². The molecule has 6 nitrogen and oxygen atoms in total. The number of benzene rings is 2. The molecular formula is C19H19N3O3S. The third-order valence-corrected chi connectivity index (χ3v) is 4.35. The van der Waals surface area contributed by atoms with Crippen molar-refractivity contribution in [2.24, 2.45) is 0 Å². The molecule has 0 bridgehead atoms. The molecule has 134 valence electrons. The molecule has 0 aliphatic carbocycles. The van der Waals surface area contributed by atoms with Gasteiger partial charge in [0.2, 0.25) is 10.0 Å². The quantitative estimate of drug-likeness (QED) is 0.750. The van der Waals surface area contributed by atoms with Gasteiger partial charge in [-0.1, -0.05) is 60.2 Å². The van der Waals surface area contributed by atoms with Gasteiger partial charge in [-0.2, -0.15) is 5.10 Å². The predicted molar refractivity (Wildman–Crippen MR) is 100 cm³/mol. The van der Waals surface area contributed by atoms with Crippen LogP contribution in [0.15, 0.2) is 60.8 Å². The van der Waals surface area contributed by atoms with Gasteiger partial charge in [0.05, 0.1) is 18.4 Å². The van der Waals surface area contributed by atoms with Gasteiger partial charge in [0.15, 0.2) is 0 Å². The molecule has 0 atom stereocenters. The van der Waals surface area contributed by atoms with E-state index in [1.807, 2.05) is 66.2 Å². The first-order chi connectivity index (χ1) is 12.3. The van der Waals surface area contributed by atoms with Crippen LogP contribution >= 0.6 is 0 Å². The maximum Gasteiger partial charge on any atom is 0.268 e. The fraction of sp³-hybridized carbons (Fsp3) is 0.158. The smallest absolute Gasteiger partial charge is 0.268 e. The highest BCUT2D eigenvalue weighted by atomic mass is 32.2. The number of hydrogen-bond acceptors (Lipinski definition) is 4. The molecule has 0 fully saturated rings. The zero-order valence-electron chi connectivity index (χ0n) is 14.5. The zero-order valence-corrected chi connectivity index (χ0v) is 15.3.